The van der Waals surface area contributed by atoms with Gasteiger partial charge in [0, 0.05) is 7.05 Å². The molecule has 2 rings (SSSR count). The van der Waals surface area contributed by atoms with Crippen LogP contribution in [0, 0.1) is 0 Å². The van der Waals surface area contributed by atoms with E-state index in [1.54, 1.807) is 7.05 Å². The highest BCUT2D eigenvalue weighted by Crippen LogP contribution is 2.29. The van der Waals surface area contributed by atoms with Gasteiger partial charge in [0.2, 0.25) is 0 Å². The molecule has 15 heavy (non-hydrogen) atoms. The van der Waals surface area contributed by atoms with E-state index >= 15 is 0 Å². The van der Waals surface area contributed by atoms with Gasteiger partial charge in [0.25, 0.3) is 0 Å². The SMILES string of the molecule is CNC(=O)N[C@@H]1CCCc2ccccc21. The number of hydrogen-bond donors (Lipinski definition) is 2. The lowest BCUT2D eigenvalue weighted by atomic mass is 9.88. The third-order valence-corrected chi connectivity index (χ3v) is 2.90. The second-order valence-corrected chi connectivity index (χ2v) is 3.87. The first kappa shape index (κ1) is 10.0. The monoisotopic (exact) mass is 204 g/mol. The smallest absolute Gasteiger partial charge is 0.315 e. The molecule has 1 aromatic carbocycles. The number of aryl methyl sites for hydroxylation is 1. The largest absolute Gasteiger partial charge is 0.341 e. The first-order chi connectivity index (χ1) is 7.31. The normalized spacial score (nSPS) is 19.1. The molecule has 2 amide bonds. The zero-order valence-corrected chi connectivity index (χ0v) is 8.92. The maximum absolute atomic E-state index is 11.3. The fraction of sp³-hybridized carbons (Fsp3) is 0.417. The Labute approximate surface area is 89.9 Å². The predicted molar refractivity (Wildman–Crippen MR) is 59.7 cm³/mol. The summed E-state index contributed by atoms with van der Waals surface area (Å²) in [7, 11) is 1.64. The second kappa shape index (κ2) is 4.34. The number of carbonyl (C=O) groups is 1. The number of fused-ring (bicyclic) bond motifs is 1. The number of benzene rings is 1. The van der Waals surface area contributed by atoms with Gasteiger partial charge < -0.3 is 10.6 Å². The van der Waals surface area contributed by atoms with Crippen LogP contribution in [0.15, 0.2) is 24.3 Å². The predicted octanol–water partition coefficient (Wildman–Crippen LogP) is 1.99. The molecule has 3 nitrogen and oxygen atoms in total. The van der Waals surface area contributed by atoms with Gasteiger partial charge in [0.15, 0.2) is 0 Å². The van der Waals surface area contributed by atoms with Crippen LogP contribution in [0.1, 0.15) is 30.0 Å². The summed E-state index contributed by atoms with van der Waals surface area (Å²) in [6.45, 7) is 0. The summed E-state index contributed by atoms with van der Waals surface area (Å²) < 4.78 is 0. The molecule has 1 aliphatic carbocycles. The molecule has 2 N–H and O–H groups in total. The quantitative estimate of drug-likeness (QED) is 0.721. The fourth-order valence-electron chi connectivity index (χ4n) is 2.13. The average Bonchev–Trinajstić information content (AvgIpc) is 2.29. The average molecular weight is 204 g/mol. The number of rotatable bonds is 1. The summed E-state index contributed by atoms with van der Waals surface area (Å²) >= 11 is 0. The van der Waals surface area contributed by atoms with Crippen molar-refractivity contribution in [3.63, 3.8) is 0 Å². The molecular formula is C12H16N2O. The lowest BCUT2D eigenvalue weighted by molar-refractivity contribution is 0.237. The first-order valence-electron chi connectivity index (χ1n) is 5.37. The number of carbonyl (C=O) groups excluding carboxylic acids is 1. The van der Waals surface area contributed by atoms with Crippen LogP contribution >= 0.6 is 0 Å². The van der Waals surface area contributed by atoms with Crippen LogP contribution in [0.5, 0.6) is 0 Å². The Kier molecular flexibility index (Phi) is 2.90. The van der Waals surface area contributed by atoms with Crippen molar-refractivity contribution in [1.82, 2.24) is 10.6 Å². The van der Waals surface area contributed by atoms with Gasteiger partial charge in [-0.15, -0.1) is 0 Å². The summed E-state index contributed by atoms with van der Waals surface area (Å²) in [6.07, 6.45) is 3.30. The molecule has 0 radical (unpaired) electrons. The standard InChI is InChI=1S/C12H16N2O/c1-13-12(15)14-11-8-4-6-9-5-2-3-7-10(9)11/h2-3,5,7,11H,4,6,8H2,1H3,(H2,13,14,15)/t11-/m1/s1. The van der Waals surface area contributed by atoms with E-state index in [0.29, 0.717) is 0 Å². The zero-order chi connectivity index (χ0) is 10.7. The van der Waals surface area contributed by atoms with Crippen molar-refractivity contribution in [1.29, 1.82) is 0 Å². The lowest BCUT2D eigenvalue weighted by Crippen LogP contribution is -2.37. The molecule has 1 atom stereocenters. The van der Waals surface area contributed by atoms with E-state index in [1.165, 1.54) is 11.1 Å². The zero-order valence-electron chi connectivity index (χ0n) is 8.92. The Morgan fingerprint density at radius 1 is 1.40 bits per heavy atom. The van der Waals surface area contributed by atoms with E-state index in [-0.39, 0.29) is 12.1 Å². The molecular weight excluding hydrogens is 188 g/mol. The molecule has 0 saturated heterocycles. The molecule has 0 fully saturated rings. The third-order valence-electron chi connectivity index (χ3n) is 2.90. The van der Waals surface area contributed by atoms with Crippen molar-refractivity contribution in [3.8, 4) is 0 Å². The van der Waals surface area contributed by atoms with Gasteiger partial charge in [-0.1, -0.05) is 24.3 Å². The molecule has 0 saturated carbocycles. The maximum Gasteiger partial charge on any atom is 0.315 e. The fourth-order valence-corrected chi connectivity index (χ4v) is 2.13. The van der Waals surface area contributed by atoms with Gasteiger partial charge in [0.1, 0.15) is 0 Å². The Bertz CT molecular complexity index is 362. The van der Waals surface area contributed by atoms with E-state index < -0.39 is 0 Å². The molecule has 0 aromatic heterocycles. The second-order valence-electron chi connectivity index (χ2n) is 3.87. The van der Waals surface area contributed by atoms with Gasteiger partial charge in [-0.2, -0.15) is 0 Å². The van der Waals surface area contributed by atoms with Crippen molar-refractivity contribution in [2.24, 2.45) is 0 Å². The summed E-state index contributed by atoms with van der Waals surface area (Å²) in [4.78, 5) is 11.3. The summed E-state index contributed by atoms with van der Waals surface area (Å²) in [5.74, 6) is 0. The lowest BCUT2D eigenvalue weighted by Gasteiger charge is -2.26. The Balaban J connectivity index is 2.18. The molecule has 3 heteroatoms. The van der Waals surface area contributed by atoms with E-state index in [9.17, 15) is 4.79 Å². The van der Waals surface area contributed by atoms with Crippen LogP contribution in [-0.2, 0) is 6.42 Å². The van der Waals surface area contributed by atoms with Crippen molar-refractivity contribution < 1.29 is 4.79 Å². The van der Waals surface area contributed by atoms with Gasteiger partial charge in [0.05, 0.1) is 6.04 Å². The molecule has 0 bridgehead atoms. The van der Waals surface area contributed by atoms with E-state index in [1.807, 2.05) is 6.07 Å². The number of amides is 2. The van der Waals surface area contributed by atoms with Crippen LogP contribution in [0.2, 0.25) is 0 Å². The van der Waals surface area contributed by atoms with Crippen molar-refractivity contribution in [2.45, 2.75) is 25.3 Å². The Hall–Kier alpha value is -1.51. The minimum Gasteiger partial charge on any atom is -0.341 e. The van der Waals surface area contributed by atoms with Gasteiger partial charge >= 0.3 is 6.03 Å². The molecule has 0 heterocycles. The Morgan fingerprint density at radius 3 is 3.00 bits per heavy atom. The minimum atomic E-state index is -0.100. The van der Waals surface area contributed by atoms with Crippen molar-refractivity contribution in [3.05, 3.63) is 35.4 Å². The van der Waals surface area contributed by atoms with Gasteiger partial charge in [-0.25, -0.2) is 4.79 Å². The van der Waals surface area contributed by atoms with Gasteiger partial charge in [-0.3, -0.25) is 0 Å². The molecule has 0 unspecified atom stereocenters. The van der Waals surface area contributed by atoms with Crippen LogP contribution in [0.3, 0.4) is 0 Å². The number of hydrogen-bond acceptors (Lipinski definition) is 1. The number of nitrogens with one attached hydrogen (secondary N) is 2. The molecule has 0 spiro atoms. The number of urea groups is 1. The van der Waals surface area contributed by atoms with Crippen LogP contribution in [0.4, 0.5) is 4.79 Å². The summed E-state index contributed by atoms with van der Waals surface area (Å²) in [6, 6.07) is 8.41. The highest BCUT2D eigenvalue weighted by molar-refractivity contribution is 5.74. The Morgan fingerprint density at radius 2 is 2.20 bits per heavy atom. The summed E-state index contributed by atoms with van der Waals surface area (Å²) in [5, 5.41) is 5.57. The topological polar surface area (TPSA) is 41.1 Å². The van der Waals surface area contributed by atoms with E-state index in [0.717, 1.165) is 19.3 Å². The van der Waals surface area contributed by atoms with Crippen molar-refractivity contribution >= 4 is 6.03 Å². The van der Waals surface area contributed by atoms with Crippen LogP contribution < -0.4 is 10.6 Å². The molecule has 80 valence electrons. The van der Waals surface area contributed by atoms with Crippen LogP contribution in [0.25, 0.3) is 0 Å². The third kappa shape index (κ3) is 2.12. The molecule has 1 aliphatic rings. The summed E-state index contributed by atoms with van der Waals surface area (Å²) in [5.41, 5.74) is 2.64. The van der Waals surface area contributed by atoms with Crippen LogP contribution in [-0.4, -0.2) is 13.1 Å². The van der Waals surface area contributed by atoms with E-state index in [2.05, 4.69) is 28.8 Å². The molecule has 0 aliphatic heterocycles. The maximum atomic E-state index is 11.3. The van der Waals surface area contributed by atoms with Gasteiger partial charge in [-0.05, 0) is 30.4 Å². The molecule has 1 aromatic rings. The highest BCUT2D eigenvalue weighted by Gasteiger charge is 2.20. The highest BCUT2D eigenvalue weighted by atomic mass is 16.2. The van der Waals surface area contributed by atoms with Crippen molar-refractivity contribution in [2.75, 3.05) is 7.05 Å². The van der Waals surface area contributed by atoms with E-state index in [4.69, 9.17) is 0 Å². The minimum absolute atomic E-state index is 0.100. The first-order valence-corrected chi connectivity index (χ1v) is 5.37.